The Labute approximate surface area is 204 Å². The molecule has 0 saturated carbocycles. The Morgan fingerprint density at radius 2 is 1.85 bits per heavy atom. The molecule has 4 rings (SSSR count). The summed E-state index contributed by atoms with van der Waals surface area (Å²) in [5.74, 6) is 0.783. The highest BCUT2D eigenvalue weighted by atomic mass is 35.5. The van der Waals surface area contributed by atoms with Crippen LogP contribution >= 0.6 is 11.6 Å². The summed E-state index contributed by atoms with van der Waals surface area (Å²) in [7, 11) is 0. The van der Waals surface area contributed by atoms with Crippen molar-refractivity contribution in [2.24, 2.45) is 0 Å². The van der Waals surface area contributed by atoms with Gasteiger partial charge in [0, 0.05) is 18.1 Å². The number of pyridine rings is 1. The van der Waals surface area contributed by atoms with Gasteiger partial charge in [0.05, 0.1) is 18.8 Å². The van der Waals surface area contributed by atoms with E-state index in [2.05, 4.69) is 15.6 Å². The van der Waals surface area contributed by atoms with Crippen molar-refractivity contribution in [1.29, 1.82) is 0 Å². The van der Waals surface area contributed by atoms with Crippen molar-refractivity contribution in [3.05, 3.63) is 83.0 Å². The second-order valence-corrected chi connectivity index (χ2v) is 8.50. The predicted octanol–water partition coefficient (Wildman–Crippen LogP) is 4.80. The predicted molar refractivity (Wildman–Crippen MR) is 133 cm³/mol. The number of benzene rings is 2. The number of ether oxygens (including phenoxy) is 1. The number of nitrogens with zero attached hydrogens (tertiary/aromatic N) is 2. The Kier molecular flexibility index (Phi) is 7.99. The number of halogens is 1. The van der Waals surface area contributed by atoms with Crippen molar-refractivity contribution < 1.29 is 14.3 Å². The van der Waals surface area contributed by atoms with Crippen molar-refractivity contribution in [3.63, 3.8) is 0 Å². The normalized spacial score (nSPS) is 14.3. The zero-order chi connectivity index (χ0) is 23.8. The van der Waals surface area contributed by atoms with E-state index in [1.165, 1.54) is 0 Å². The monoisotopic (exact) mass is 478 g/mol. The number of fused-ring (bicyclic) bond motifs is 3. The van der Waals surface area contributed by atoms with Crippen LogP contribution in [-0.2, 0) is 11.3 Å². The molecule has 2 bridgehead atoms. The van der Waals surface area contributed by atoms with Gasteiger partial charge >= 0.3 is 0 Å². The Balaban J connectivity index is 1.48. The van der Waals surface area contributed by atoms with E-state index in [0.717, 1.165) is 36.3 Å². The van der Waals surface area contributed by atoms with Gasteiger partial charge in [-0.15, -0.1) is 0 Å². The summed E-state index contributed by atoms with van der Waals surface area (Å²) in [6.45, 7) is 1.36. The lowest BCUT2D eigenvalue weighted by Gasteiger charge is -2.23. The molecular weight excluding hydrogens is 452 g/mol. The number of amides is 2. The first-order valence-corrected chi connectivity index (χ1v) is 11.7. The molecule has 0 radical (unpaired) electrons. The van der Waals surface area contributed by atoms with E-state index < -0.39 is 0 Å². The van der Waals surface area contributed by atoms with Gasteiger partial charge in [-0.25, -0.2) is 4.98 Å². The molecule has 176 valence electrons. The molecule has 1 aromatic heterocycles. The van der Waals surface area contributed by atoms with Crippen molar-refractivity contribution in [2.75, 3.05) is 25.0 Å². The average Bonchev–Trinajstić information content (AvgIpc) is 2.85. The Morgan fingerprint density at radius 3 is 2.71 bits per heavy atom. The van der Waals surface area contributed by atoms with Gasteiger partial charge in [-0.2, -0.15) is 0 Å². The molecule has 1 aliphatic rings. The molecule has 2 aromatic carbocycles. The van der Waals surface area contributed by atoms with Gasteiger partial charge < -0.3 is 20.3 Å². The summed E-state index contributed by atoms with van der Waals surface area (Å²) in [5.41, 5.74) is 2.01. The number of anilines is 2. The van der Waals surface area contributed by atoms with Gasteiger partial charge in [-0.3, -0.25) is 9.59 Å². The van der Waals surface area contributed by atoms with Crippen LogP contribution in [-0.4, -0.2) is 41.4 Å². The minimum Gasteiger partial charge on any atom is -0.491 e. The molecule has 34 heavy (non-hydrogen) atoms. The summed E-state index contributed by atoms with van der Waals surface area (Å²) in [5, 5.41) is 6.76. The zero-order valence-corrected chi connectivity index (χ0v) is 19.6. The first-order valence-electron chi connectivity index (χ1n) is 11.3. The van der Waals surface area contributed by atoms with Gasteiger partial charge in [0.2, 0.25) is 5.91 Å². The lowest BCUT2D eigenvalue weighted by atomic mass is 10.2. The maximum Gasteiger partial charge on any atom is 0.273 e. The van der Waals surface area contributed by atoms with Crippen LogP contribution in [0.25, 0.3) is 0 Å². The van der Waals surface area contributed by atoms with Crippen LogP contribution in [0.15, 0.2) is 66.7 Å². The van der Waals surface area contributed by atoms with Crippen molar-refractivity contribution in [1.82, 2.24) is 15.2 Å². The molecule has 0 saturated heterocycles. The summed E-state index contributed by atoms with van der Waals surface area (Å²) in [6.07, 6.45) is 2.49. The van der Waals surface area contributed by atoms with Crippen molar-refractivity contribution in [3.8, 4) is 5.75 Å². The Bertz CT molecular complexity index is 1140. The number of nitrogens with one attached hydrogen (secondary N) is 2. The molecule has 0 fully saturated rings. The SMILES string of the molecule is O=C(CN1CCCCCOc2ccccc2Nc2cccc(n2)C1=O)NCc1ccc(Cl)cc1. The molecule has 2 amide bonds. The van der Waals surface area contributed by atoms with E-state index in [1.807, 2.05) is 36.4 Å². The fourth-order valence-corrected chi connectivity index (χ4v) is 3.79. The second kappa shape index (κ2) is 11.5. The van der Waals surface area contributed by atoms with Crippen molar-refractivity contribution >= 4 is 34.9 Å². The number of carbonyl (C=O) groups is 2. The molecule has 0 aliphatic carbocycles. The van der Waals surface area contributed by atoms with Crippen LogP contribution in [0.5, 0.6) is 5.75 Å². The van der Waals surface area contributed by atoms with Crippen LogP contribution in [0.2, 0.25) is 5.02 Å². The molecule has 2 N–H and O–H groups in total. The van der Waals surface area contributed by atoms with Crippen LogP contribution < -0.4 is 15.4 Å². The van der Waals surface area contributed by atoms with E-state index in [-0.39, 0.29) is 24.1 Å². The van der Waals surface area contributed by atoms with Crippen LogP contribution in [0.4, 0.5) is 11.5 Å². The molecule has 0 unspecified atom stereocenters. The number of carbonyl (C=O) groups excluding carboxylic acids is 2. The van der Waals surface area contributed by atoms with E-state index in [9.17, 15) is 9.59 Å². The minimum atomic E-state index is -0.271. The van der Waals surface area contributed by atoms with Crippen LogP contribution in [0.1, 0.15) is 35.3 Å². The van der Waals surface area contributed by atoms with E-state index in [1.54, 1.807) is 35.2 Å². The van der Waals surface area contributed by atoms with E-state index in [4.69, 9.17) is 16.3 Å². The topological polar surface area (TPSA) is 83.6 Å². The standard InChI is InChI=1S/C26H27ClN4O3/c27-20-13-11-19(12-14-20)17-28-25(32)18-31-15-4-1-5-16-34-23-9-3-2-7-21(23)29-24-10-6-8-22(30-24)26(31)33/h2-3,6-14H,1,4-5,15-18H2,(H,28,32)(H,29,30). The van der Waals surface area contributed by atoms with E-state index >= 15 is 0 Å². The first kappa shape index (κ1) is 23.6. The fraction of sp³-hybridized carbons (Fsp3) is 0.269. The maximum atomic E-state index is 13.3. The smallest absolute Gasteiger partial charge is 0.273 e. The molecule has 2 heterocycles. The fourth-order valence-electron chi connectivity index (χ4n) is 3.67. The summed E-state index contributed by atoms with van der Waals surface area (Å²) in [6, 6.07) is 20.2. The number of hydrogen-bond acceptors (Lipinski definition) is 5. The maximum absolute atomic E-state index is 13.3. The molecule has 1 aliphatic heterocycles. The zero-order valence-electron chi connectivity index (χ0n) is 18.8. The van der Waals surface area contributed by atoms with Crippen LogP contribution in [0, 0.1) is 0 Å². The Hall–Kier alpha value is -3.58. The van der Waals surface area contributed by atoms with E-state index in [0.29, 0.717) is 30.5 Å². The highest BCUT2D eigenvalue weighted by molar-refractivity contribution is 6.30. The third-order valence-corrected chi connectivity index (χ3v) is 5.72. The minimum absolute atomic E-state index is 0.0366. The summed E-state index contributed by atoms with van der Waals surface area (Å²) in [4.78, 5) is 32.0. The molecule has 7 nitrogen and oxygen atoms in total. The largest absolute Gasteiger partial charge is 0.491 e. The lowest BCUT2D eigenvalue weighted by molar-refractivity contribution is -0.122. The molecular formula is C26H27ClN4O3. The second-order valence-electron chi connectivity index (χ2n) is 8.07. The third-order valence-electron chi connectivity index (χ3n) is 5.47. The summed E-state index contributed by atoms with van der Waals surface area (Å²) < 4.78 is 5.95. The molecule has 8 heteroatoms. The number of aromatic nitrogens is 1. The number of para-hydroxylation sites is 2. The third kappa shape index (κ3) is 6.48. The van der Waals surface area contributed by atoms with Gasteiger partial charge in [-0.1, -0.05) is 41.9 Å². The lowest BCUT2D eigenvalue weighted by Crippen LogP contribution is -2.41. The van der Waals surface area contributed by atoms with Gasteiger partial charge in [0.15, 0.2) is 0 Å². The summed E-state index contributed by atoms with van der Waals surface area (Å²) >= 11 is 5.92. The van der Waals surface area contributed by atoms with Gasteiger partial charge in [0.25, 0.3) is 5.91 Å². The Morgan fingerprint density at radius 1 is 1.03 bits per heavy atom. The highest BCUT2D eigenvalue weighted by Gasteiger charge is 2.20. The first-order chi connectivity index (χ1) is 16.6. The average molecular weight is 479 g/mol. The van der Waals surface area contributed by atoms with Crippen LogP contribution in [0.3, 0.4) is 0 Å². The van der Waals surface area contributed by atoms with Crippen molar-refractivity contribution in [2.45, 2.75) is 25.8 Å². The number of rotatable bonds is 4. The van der Waals surface area contributed by atoms with Gasteiger partial charge in [0.1, 0.15) is 17.3 Å². The quantitative estimate of drug-likeness (QED) is 0.562. The molecule has 3 aromatic rings. The van der Waals surface area contributed by atoms with Gasteiger partial charge in [-0.05, 0) is 61.2 Å². The number of hydrogen-bond donors (Lipinski definition) is 2. The highest BCUT2D eigenvalue weighted by Crippen LogP contribution is 2.27. The molecule has 0 atom stereocenters. The molecule has 0 spiro atoms.